The molecule has 0 saturated heterocycles. The van der Waals surface area contributed by atoms with Crippen LogP contribution in [0.2, 0.25) is 0 Å². The van der Waals surface area contributed by atoms with Crippen molar-refractivity contribution in [1.82, 2.24) is 0 Å². The predicted octanol–water partition coefficient (Wildman–Crippen LogP) is 2.69. The summed E-state index contributed by atoms with van der Waals surface area (Å²) in [4.78, 5) is 0. The van der Waals surface area contributed by atoms with Gasteiger partial charge in [-0.1, -0.05) is 6.07 Å². The molecule has 0 bridgehead atoms. The van der Waals surface area contributed by atoms with Gasteiger partial charge in [-0.3, -0.25) is 0 Å². The van der Waals surface area contributed by atoms with Crippen LogP contribution in [0.3, 0.4) is 0 Å². The van der Waals surface area contributed by atoms with Gasteiger partial charge in [-0.15, -0.1) is 0 Å². The van der Waals surface area contributed by atoms with E-state index < -0.39 is 0 Å². The third-order valence-corrected chi connectivity index (χ3v) is 2.31. The summed E-state index contributed by atoms with van der Waals surface area (Å²) in [5, 5.41) is 9.40. The largest absolute Gasteiger partial charge is 0.506 e. The van der Waals surface area contributed by atoms with Gasteiger partial charge in [0.2, 0.25) is 0 Å². The highest BCUT2D eigenvalue weighted by atomic mass is 19.1. The number of benzene rings is 2. The fourth-order valence-corrected chi connectivity index (χ4v) is 1.38. The number of aromatic hydroxyl groups is 1. The molecule has 0 aliphatic rings. The van der Waals surface area contributed by atoms with Crippen LogP contribution in [0.25, 0.3) is 0 Å². The number of anilines is 1. The van der Waals surface area contributed by atoms with E-state index in [0.29, 0.717) is 18.0 Å². The van der Waals surface area contributed by atoms with Gasteiger partial charge in [-0.25, -0.2) is 4.39 Å². The second-order valence-electron chi connectivity index (χ2n) is 3.64. The molecule has 0 fully saturated rings. The highest BCUT2D eigenvalue weighted by Gasteiger charge is 2.00. The molecule has 0 unspecified atom stereocenters. The summed E-state index contributed by atoms with van der Waals surface area (Å²) in [5.41, 5.74) is 6.60. The van der Waals surface area contributed by atoms with Crippen LogP contribution < -0.4 is 10.5 Å². The molecule has 88 valence electrons. The van der Waals surface area contributed by atoms with Crippen LogP contribution in [-0.4, -0.2) is 5.11 Å². The Morgan fingerprint density at radius 3 is 2.47 bits per heavy atom. The quantitative estimate of drug-likeness (QED) is 0.633. The Morgan fingerprint density at radius 1 is 1.12 bits per heavy atom. The monoisotopic (exact) mass is 233 g/mol. The van der Waals surface area contributed by atoms with E-state index in [2.05, 4.69) is 0 Å². The predicted molar refractivity (Wildman–Crippen MR) is 63.3 cm³/mol. The number of phenols is 1. The SMILES string of the molecule is Nc1ccc(COc2ccc(F)cc2)cc1O. The number of ether oxygens (including phenoxy) is 1. The van der Waals surface area contributed by atoms with Gasteiger partial charge in [0.05, 0.1) is 5.69 Å². The lowest BCUT2D eigenvalue weighted by Crippen LogP contribution is -1.96. The molecule has 0 aromatic heterocycles. The summed E-state index contributed by atoms with van der Waals surface area (Å²) in [7, 11) is 0. The summed E-state index contributed by atoms with van der Waals surface area (Å²) >= 11 is 0. The van der Waals surface area contributed by atoms with Crippen molar-refractivity contribution in [2.75, 3.05) is 5.73 Å². The number of rotatable bonds is 3. The summed E-state index contributed by atoms with van der Waals surface area (Å²) in [6.07, 6.45) is 0. The molecule has 0 radical (unpaired) electrons. The van der Waals surface area contributed by atoms with Gasteiger partial charge in [-0.2, -0.15) is 0 Å². The molecule has 17 heavy (non-hydrogen) atoms. The van der Waals surface area contributed by atoms with Gasteiger partial charge in [0, 0.05) is 0 Å². The topological polar surface area (TPSA) is 55.5 Å². The van der Waals surface area contributed by atoms with Crippen LogP contribution in [-0.2, 0) is 6.61 Å². The fraction of sp³-hybridized carbons (Fsp3) is 0.0769. The van der Waals surface area contributed by atoms with E-state index in [1.807, 2.05) is 0 Å². The van der Waals surface area contributed by atoms with Crippen LogP contribution in [0.15, 0.2) is 42.5 Å². The molecule has 3 nitrogen and oxygen atoms in total. The molecule has 2 aromatic carbocycles. The van der Waals surface area contributed by atoms with Crippen molar-refractivity contribution in [3.8, 4) is 11.5 Å². The van der Waals surface area contributed by atoms with Crippen molar-refractivity contribution in [3.05, 3.63) is 53.8 Å². The minimum absolute atomic E-state index is 0.0326. The maximum Gasteiger partial charge on any atom is 0.138 e. The molecule has 3 N–H and O–H groups in total. The first-order valence-corrected chi connectivity index (χ1v) is 5.11. The highest BCUT2D eigenvalue weighted by Crippen LogP contribution is 2.21. The third kappa shape index (κ3) is 2.87. The van der Waals surface area contributed by atoms with E-state index >= 15 is 0 Å². The zero-order valence-corrected chi connectivity index (χ0v) is 9.06. The molecule has 4 heteroatoms. The fourth-order valence-electron chi connectivity index (χ4n) is 1.38. The molecule has 2 rings (SSSR count). The van der Waals surface area contributed by atoms with Crippen molar-refractivity contribution < 1.29 is 14.2 Å². The number of hydrogen-bond donors (Lipinski definition) is 2. The Morgan fingerprint density at radius 2 is 1.82 bits per heavy atom. The number of phenolic OH excluding ortho intramolecular Hbond substituents is 1. The maximum atomic E-state index is 12.6. The second kappa shape index (κ2) is 4.74. The summed E-state index contributed by atoms with van der Waals surface area (Å²) in [6.45, 7) is 0.291. The Balaban J connectivity index is 2.02. The van der Waals surface area contributed by atoms with E-state index in [1.165, 1.54) is 12.1 Å². The molecule has 0 aliphatic carbocycles. The molecule has 0 heterocycles. The van der Waals surface area contributed by atoms with Crippen LogP contribution in [0.1, 0.15) is 5.56 Å². The summed E-state index contributed by atoms with van der Waals surface area (Å²) in [5.74, 6) is 0.301. The summed E-state index contributed by atoms with van der Waals surface area (Å²) in [6, 6.07) is 10.7. The van der Waals surface area contributed by atoms with Gasteiger partial charge < -0.3 is 15.6 Å². The van der Waals surface area contributed by atoms with E-state index in [1.54, 1.807) is 30.3 Å². The minimum atomic E-state index is -0.303. The van der Waals surface area contributed by atoms with E-state index in [9.17, 15) is 9.50 Å². The molecule has 0 saturated carbocycles. The normalized spacial score (nSPS) is 10.2. The maximum absolute atomic E-state index is 12.6. The zero-order valence-electron chi connectivity index (χ0n) is 9.06. The van der Waals surface area contributed by atoms with Gasteiger partial charge in [0.25, 0.3) is 0 Å². The lowest BCUT2D eigenvalue weighted by molar-refractivity contribution is 0.305. The average Bonchev–Trinajstić information content (AvgIpc) is 2.33. The van der Waals surface area contributed by atoms with Crippen molar-refractivity contribution in [1.29, 1.82) is 0 Å². The number of nitrogens with two attached hydrogens (primary N) is 1. The molecular weight excluding hydrogens is 221 g/mol. The van der Waals surface area contributed by atoms with E-state index in [4.69, 9.17) is 10.5 Å². The molecule has 0 spiro atoms. The van der Waals surface area contributed by atoms with Gasteiger partial charge >= 0.3 is 0 Å². The van der Waals surface area contributed by atoms with Crippen molar-refractivity contribution >= 4 is 5.69 Å². The molecule has 2 aromatic rings. The number of hydrogen-bond acceptors (Lipinski definition) is 3. The van der Waals surface area contributed by atoms with Gasteiger partial charge in [0.15, 0.2) is 0 Å². The molecular formula is C13H12FNO2. The summed E-state index contributed by atoms with van der Waals surface area (Å²) < 4.78 is 18.1. The average molecular weight is 233 g/mol. The highest BCUT2D eigenvalue weighted by molar-refractivity contribution is 5.52. The lowest BCUT2D eigenvalue weighted by atomic mass is 10.2. The molecule has 0 aliphatic heterocycles. The first kappa shape index (κ1) is 11.3. The van der Waals surface area contributed by atoms with Crippen LogP contribution >= 0.6 is 0 Å². The number of nitrogen functional groups attached to an aromatic ring is 1. The Kier molecular flexibility index (Phi) is 3.14. The third-order valence-electron chi connectivity index (χ3n) is 2.31. The zero-order chi connectivity index (χ0) is 12.3. The second-order valence-corrected chi connectivity index (χ2v) is 3.64. The van der Waals surface area contributed by atoms with Crippen molar-refractivity contribution in [2.24, 2.45) is 0 Å². The Labute approximate surface area is 98.3 Å². The Hall–Kier alpha value is -2.23. The van der Waals surface area contributed by atoms with Gasteiger partial charge in [0.1, 0.15) is 23.9 Å². The lowest BCUT2D eigenvalue weighted by Gasteiger charge is -2.07. The van der Waals surface area contributed by atoms with E-state index in [0.717, 1.165) is 5.56 Å². The Bertz CT molecular complexity index is 511. The van der Waals surface area contributed by atoms with Crippen molar-refractivity contribution in [2.45, 2.75) is 6.61 Å². The van der Waals surface area contributed by atoms with E-state index in [-0.39, 0.29) is 11.6 Å². The molecule has 0 amide bonds. The first-order chi connectivity index (χ1) is 8.15. The first-order valence-electron chi connectivity index (χ1n) is 5.11. The number of halogens is 1. The van der Waals surface area contributed by atoms with Crippen LogP contribution in [0.4, 0.5) is 10.1 Å². The van der Waals surface area contributed by atoms with Gasteiger partial charge in [-0.05, 0) is 42.0 Å². The minimum Gasteiger partial charge on any atom is -0.506 e. The van der Waals surface area contributed by atoms with Crippen LogP contribution in [0.5, 0.6) is 11.5 Å². The van der Waals surface area contributed by atoms with Crippen molar-refractivity contribution in [3.63, 3.8) is 0 Å². The molecule has 0 atom stereocenters. The smallest absolute Gasteiger partial charge is 0.138 e. The standard InChI is InChI=1S/C13H12FNO2/c14-10-2-4-11(5-3-10)17-8-9-1-6-12(15)13(16)7-9/h1-7,16H,8,15H2. The van der Waals surface area contributed by atoms with Crippen LogP contribution in [0, 0.1) is 5.82 Å².